The zero-order valence-electron chi connectivity index (χ0n) is 14.5. The van der Waals surface area contributed by atoms with Gasteiger partial charge in [-0.1, -0.05) is 32.0 Å². The lowest BCUT2D eigenvalue weighted by Crippen LogP contribution is -2.31. The minimum atomic E-state index is -0.253. The summed E-state index contributed by atoms with van der Waals surface area (Å²) in [5, 5.41) is 0. The maximum atomic E-state index is 13.0. The molecule has 2 amide bonds. The van der Waals surface area contributed by atoms with E-state index in [-0.39, 0.29) is 11.8 Å². The average molecular weight is 323 g/mol. The molecule has 4 heteroatoms. The van der Waals surface area contributed by atoms with Crippen LogP contribution in [0.2, 0.25) is 0 Å². The third-order valence-electron chi connectivity index (χ3n) is 4.62. The Balaban J connectivity index is 2.26. The van der Waals surface area contributed by atoms with Gasteiger partial charge in [-0.05, 0) is 43.0 Å². The number of anilines is 1. The van der Waals surface area contributed by atoms with Crippen LogP contribution in [0, 0.1) is 6.92 Å². The minimum Gasteiger partial charge on any atom is -0.496 e. The summed E-state index contributed by atoms with van der Waals surface area (Å²) in [7, 11) is 1.61. The number of ether oxygens (including phenoxy) is 1. The average Bonchev–Trinajstić information content (AvgIpc) is 2.85. The fourth-order valence-corrected chi connectivity index (χ4v) is 3.42. The van der Waals surface area contributed by atoms with Gasteiger partial charge in [0.15, 0.2) is 0 Å². The number of carbonyl (C=O) groups excluding carboxylic acids is 2. The Morgan fingerprint density at radius 3 is 2.33 bits per heavy atom. The highest BCUT2D eigenvalue weighted by molar-refractivity contribution is 6.35. The van der Waals surface area contributed by atoms with E-state index in [1.54, 1.807) is 13.2 Å². The van der Waals surface area contributed by atoms with Crippen LogP contribution in [-0.4, -0.2) is 18.9 Å². The number of rotatable bonds is 4. The number of nitrogens with zero attached hydrogens (tertiary/aromatic N) is 1. The standard InChI is InChI=1S/C20H21NO3/c1-5-13-10-11-16(24-4)14(6-2)18(13)21-19(22)15-9-7-8-12(3)17(15)20(21)23/h7-11H,5-6H2,1-4H3. The van der Waals surface area contributed by atoms with Gasteiger partial charge < -0.3 is 4.74 Å². The highest BCUT2D eigenvalue weighted by Crippen LogP contribution is 2.39. The van der Waals surface area contributed by atoms with Crippen LogP contribution < -0.4 is 9.64 Å². The number of imide groups is 1. The van der Waals surface area contributed by atoms with Gasteiger partial charge in [0.2, 0.25) is 0 Å². The lowest BCUT2D eigenvalue weighted by molar-refractivity contribution is 0.0925. The Morgan fingerprint density at radius 2 is 1.75 bits per heavy atom. The minimum absolute atomic E-state index is 0.245. The van der Waals surface area contributed by atoms with Gasteiger partial charge >= 0.3 is 0 Å². The van der Waals surface area contributed by atoms with Crippen LogP contribution in [0.1, 0.15) is 51.3 Å². The quantitative estimate of drug-likeness (QED) is 0.801. The first kappa shape index (κ1) is 16.2. The van der Waals surface area contributed by atoms with Gasteiger partial charge in [-0.15, -0.1) is 0 Å². The van der Waals surface area contributed by atoms with Crippen LogP contribution in [0.3, 0.4) is 0 Å². The molecule has 3 rings (SSSR count). The largest absolute Gasteiger partial charge is 0.496 e. The van der Waals surface area contributed by atoms with E-state index in [1.165, 1.54) is 4.90 Å². The second kappa shape index (κ2) is 6.11. The molecule has 0 N–H and O–H groups in total. The number of carbonyl (C=O) groups is 2. The summed E-state index contributed by atoms with van der Waals surface area (Å²) in [6.07, 6.45) is 1.41. The fraction of sp³-hybridized carbons (Fsp3) is 0.300. The van der Waals surface area contributed by atoms with Crippen molar-refractivity contribution in [2.45, 2.75) is 33.6 Å². The van der Waals surface area contributed by atoms with Gasteiger partial charge in [0, 0.05) is 5.56 Å². The Labute approximate surface area is 142 Å². The van der Waals surface area contributed by atoms with Crippen LogP contribution >= 0.6 is 0 Å². The molecule has 0 fully saturated rings. The Morgan fingerprint density at radius 1 is 1.00 bits per heavy atom. The molecular formula is C20H21NO3. The van der Waals surface area contributed by atoms with Crippen molar-refractivity contribution in [3.63, 3.8) is 0 Å². The third kappa shape index (κ3) is 2.21. The smallest absolute Gasteiger partial charge is 0.266 e. The summed E-state index contributed by atoms with van der Waals surface area (Å²) < 4.78 is 5.46. The third-order valence-corrected chi connectivity index (χ3v) is 4.62. The van der Waals surface area contributed by atoms with Gasteiger partial charge in [-0.25, -0.2) is 4.90 Å². The number of fused-ring (bicyclic) bond motifs is 1. The second-order valence-electron chi connectivity index (χ2n) is 5.90. The van der Waals surface area contributed by atoms with Crippen molar-refractivity contribution in [2.24, 2.45) is 0 Å². The van der Waals surface area contributed by atoms with Gasteiger partial charge in [0.1, 0.15) is 5.75 Å². The molecule has 0 aliphatic carbocycles. The predicted molar refractivity (Wildman–Crippen MR) is 94.1 cm³/mol. The number of hydrogen-bond acceptors (Lipinski definition) is 3. The van der Waals surface area contributed by atoms with E-state index in [0.717, 1.165) is 23.1 Å². The zero-order valence-corrected chi connectivity index (χ0v) is 14.5. The van der Waals surface area contributed by atoms with Crippen molar-refractivity contribution in [1.82, 2.24) is 0 Å². The molecule has 1 aliphatic rings. The van der Waals surface area contributed by atoms with E-state index in [2.05, 4.69) is 0 Å². The monoisotopic (exact) mass is 323 g/mol. The van der Waals surface area contributed by atoms with Gasteiger partial charge in [0.25, 0.3) is 11.8 Å². The molecule has 0 bridgehead atoms. The van der Waals surface area contributed by atoms with Crippen LogP contribution in [0.25, 0.3) is 0 Å². The Kier molecular flexibility index (Phi) is 4.14. The predicted octanol–water partition coefficient (Wildman–Crippen LogP) is 3.93. The molecule has 1 heterocycles. The Bertz CT molecular complexity index is 839. The summed E-state index contributed by atoms with van der Waals surface area (Å²) in [6, 6.07) is 9.24. The maximum absolute atomic E-state index is 13.0. The molecule has 0 saturated heterocycles. The molecule has 0 saturated carbocycles. The maximum Gasteiger partial charge on any atom is 0.266 e. The summed E-state index contributed by atoms with van der Waals surface area (Å²) >= 11 is 0. The summed E-state index contributed by atoms with van der Waals surface area (Å²) in [6.45, 7) is 5.89. The van der Waals surface area contributed by atoms with E-state index >= 15 is 0 Å². The summed E-state index contributed by atoms with van der Waals surface area (Å²) in [4.78, 5) is 27.3. The SMILES string of the molecule is CCc1ccc(OC)c(CC)c1N1C(=O)c2cccc(C)c2C1=O. The van der Waals surface area contributed by atoms with Crippen LogP contribution in [0.4, 0.5) is 5.69 Å². The first-order valence-corrected chi connectivity index (χ1v) is 8.22. The van der Waals surface area contributed by atoms with Gasteiger partial charge in [-0.2, -0.15) is 0 Å². The van der Waals surface area contributed by atoms with Gasteiger partial charge in [0.05, 0.1) is 23.9 Å². The summed E-state index contributed by atoms with van der Waals surface area (Å²) in [5.41, 5.74) is 4.36. The zero-order chi connectivity index (χ0) is 17.4. The van der Waals surface area contributed by atoms with Gasteiger partial charge in [-0.3, -0.25) is 9.59 Å². The van der Waals surface area contributed by atoms with Crippen LogP contribution in [0.15, 0.2) is 30.3 Å². The first-order valence-electron chi connectivity index (χ1n) is 8.22. The van der Waals surface area contributed by atoms with Crippen molar-refractivity contribution in [1.29, 1.82) is 0 Å². The fourth-order valence-electron chi connectivity index (χ4n) is 3.42. The topological polar surface area (TPSA) is 46.6 Å². The highest BCUT2D eigenvalue weighted by Gasteiger charge is 2.39. The second-order valence-corrected chi connectivity index (χ2v) is 5.90. The number of amides is 2. The number of methoxy groups -OCH3 is 1. The molecule has 0 spiro atoms. The number of hydrogen-bond donors (Lipinski definition) is 0. The number of benzene rings is 2. The number of aryl methyl sites for hydroxylation is 2. The van der Waals surface area contributed by atoms with E-state index in [1.807, 2.05) is 45.0 Å². The molecule has 0 radical (unpaired) electrons. The normalized spacial score (nSPS) is 13.4. The molecule has 0 aromatic heterocycles. The van der Waals surface area contributed by atoms with Crippen molar-refractivity contribution in [3.05, 3.63) is 58.1 Å². The molecule has 1 aliphatic heterocycles. The lowest BCUT2D eigenvalue weighted by Gasteiger charge is -2.23. The van der Waals surface area contributed by atoms with Crippen molar-refractivity contribution < 1.29 is 14.3 Å². The van der Waals surface area contributed by atoms with Crippen molar-refractivity contribution in [2.75, 3.05) is 12.0 Å². The molecule has 2 aromatic carbocycles. The van der Waals surface area contributed by atoms with E-state index < -0.39 is 0 Å². The molecule has 0 unspecified atom stereocenters. The molecular weight excluding hydrogens is 302 g/mol. The van der Waals surface area contributed by atoms with Crippen molar-refractivity contribution in [3.8, 4) is 5.75 Å². The molecule has 4 nitrogen and oxygen atoms in total. The lowest BCUT2D eigenvalue weighted by atomic mass is 10.0. The van der Waals surface area contributed by atoms with Crippen molar-refractivity contribution >= 4 is 17.5 Å². The molecule has 24 heavy (non-hydrogen) atoms. The summed E-state index contributed by atoms with van der Waals surface area (Å²) in [5.74, 6) is 0.208. The molecule has 124 valence electrons. The first-order chi connectivity index (χ1) is 11.5. The Hall–Kier alpha value is -2.62. The van der Waals surface area contributed by atoms with Crippen LogP contribution in [-0.2, 0) is 12.8 Å². The molecule has 2 aromatic rings. The van der Waals surface area contributed by atoms with E-state index in [4.69, 9.17) is 4.74 Å². The van der Waals surface area contributed by atoms with E-state index in [9.17, 15) is 9.59 Å². The van der Waals surface area contributed by atoms with Crippen LogP contribution in [0.5, 0.6) is 5.75 Å². The molecule has 0 atom stereocenters. The highest BCUT2D eigenvalue weighted by atomic mass is 16.5. The van der Waals surface area contributed by atoms with E-state index in [0.29, 0.717) is 29.0 Å².